The summed E-state index contributed by atoms with van der Waals surface area (Å²) in [5.74, 6) is 1.08. The van der Waals surface area contributed by atoms with Crippen LogP contribution in [0.3, 0.4) is 0 Å². The quantitative estimate of drug-likeness (QED) is 0.0692. The number of hydrogen-bond acceptors (Lipinski definition) is 8. The molecule has 0 saturated heterocycles. The molecule has 0 bridgehead atoms. The Kier molecular flexibility index (Phi) is 11.5. The Morgan fingerprint density at radius 2 is 1.38 bits per heavy atom. The lowest BCUT2D eigenvalue weighted by atomic mass is 10.1. The van der Waals surface area contributed by atoms with Crippen LogP contribution in [0.25, 0.3) is 32.7 Å². The first kappa shape index (κ1) is 33.4. The van der Waals surface area contributed by atoms with E-state index in [9.17, 15) is 9.59 Å². The van der Waals surface area contributed by atoms with Gasteiger partial charge in [-0.2, -0.15) is 4.98 Å². The van der Waals surface area contributed by atoms with E-state index in [2.05, 4.69) is 27.8 Å². The predicted molar refractivity (Wildman–Crippen MR) is 194 cm³/mol. The Labute approximate surface area is 287 Å². The molecule has 2 heterocycles. The number of hydrogen-bond donors (Lipinski definition) is 2. The van der Waals surface area contributed by atoms with Crippen LogP contribution < -0.4 is 16.2 Å². The van der Waals surface area contributed by atoms with E-state index in [1.807, 2.05) is 77.4 Å². The molecular weight excluding hydrogens is 646 g/mol. The molecule has 0 unspecified atom stereocenters. The number of halogens is 1. The fourth-order valence-corrected chi connectivity index (χ4v) is 6.46. The minimum absolute atomic E-state index is 0.0485. The molecule has 0 aliphatic heterocycles. The van der Waals surface area contributed by atoms with Gasteiger partial charge in [0.25, 0.3) is 5.56 Å². The summed E-state index contributed by atoms with van der Waals surface area (Å²) in [7, 11) is 0. The predicted octanol–water partition coefficient (Wildman–Crippen LogP) is 6.35. The van der Waals surface area contributed by atoms with Gasteiger partial charge in [-0.3, -0.25) is 9.59 Å². The van der Waals surface area contributed by atoms with Gasteiger partial charge in [0.15, 0.2) is 0 Å². The summed E-state index contributed by atoms with van der Waals surface area (Å²) in [6.07, 6.45) is 0.523. The zero-order chi connectivity index (χ0) is 33.1. The molecule has 48 heavy (non-hydrogen) atoms. The molecule has 0 saturated carbocycles. The van der Waals surface area contributed by atoms with E-state index < -0.39 is 0 Å². The van der Waals surface area contributed by atoms with Gasteiger partial charge in [0, 0.05) is 46.0 Å². The number of fused-ring (bicyclic) bond motifs is 3. The van der Waals surface area contributed by atoms with Crippen LogP contribution in [0.4, 0.5) is 5.69 Å². The van der Waals surface area contributed by atoms with Crippen molar-refractivity contribution in [2.45, 2.75) is 17.9 Å². The highest BCUT2D eigenvalue weighted by atomic mass is 35.5. The van der Waals surface area contributed by atoms with Crippen LogP contribution >= 0.6 is 23.4 Å². The van der Waals surface area contributed by atoms with Crippen molar-refractivity contribution in [1.82, 2.24) is 19.9 Å². The van der Waals surface area contributed by atoms with E-state index in [0.29, 0.717) is 73.4 Å². The SMILES string of the molecule is O=C(Cn1c(CCSc2ccc(Cl)cc2)nc(=O)c2ccccc21)NCCOCCOCCNc1c2ccccc2nc2ccccc12. The molecule has 11 heteroatoms. The van der Waals surface area contributed by atoms with Crippen molar-refractivity contribution in [1.29, 1.82) is 0 Å². The Bertz CT molecular complexity index is 2020. The van der Waals surface area contributed by atoms with Crippen molar-refractivity contribution in [2.75, 3.05) is 50.6 Å². The van der Waals surface area contributed by atoms with E-state index in [0.717, 1.165) is 32.4 Å². The molecule has 0 radical (unpaired) electrons. The van der Waals surface area contributed by atoms with E-state index in [1.165, 1.54) is 0 Å². The number of nitrogens with one attached hydrogen (secondary N) is 2. The maximum atomic E-state index is 13.0. The Morgan fingerprint density at radius 1 is 0.750 bits per heavy atom. The topological polar surface area (TPSA) is 107 Å². The Morgan fingerprint density at radius 3 is 2.08 bits per heavy atom. The van der Waals surface area contributed by atoms with Crippen molar-refractivity contribution in [3.63, 3.8) is 0 Å². The standard InChI is InChI=1S/C37H36ClN5O4S/c38-26-13-15-27(16-14-26)48-24-17-34-42-37(45)30-9-3-6-12-33(30)43(34)25-35(44)39-18-20-46-22-23-47-21-19-40-36-28-7-1-4-10-31(28)41-32-11-5-2-8-29(32)36/h1-16H,17-25H2,(H,39,44)(H,40,41). The summed E-state index contributed by atoms with van der Waals surface area (Å²) < 4.78 is 13.3. The van der Waals surface area contributed by atoms with Crippen LogP contribution in [0.2, 0.25) is 5.02 Å². The second-order valence-electron chi connectivity index (χ2n) is 11.0. The zero-order valence-corrected chi connectivity index (χ0v) is 27.9. The summed E-state index contributed by atoms with van der Waals surface area (Å²) in [5, 5.41) is 9.78. The van der Waals surface area contributed by atoms with E-state index in [-0.39, 0.29) is 18.0 Å². The molecule has 0 fully saturated rings. The first-order valence-corrected chi connectivity index (χ1v) is 17.2. The molecule has 1 amide bonds. The van der Waals surface area contributed by atoms with Gasteiger partial charge in [0.05, 0.1) is 54.1 Å². The number of thioether (sulfide) groups is 1. The molecule has 9 nitrogen and oxygen atoms in total. The number of nitrogens with zero attached hydrogens (tertiary/aromatic N) is 3. The van der Waals surface area contributed by atoms with Crippen LogP contribution in [0.1, 0.15) is 5.82 Å². The van der Waals surface area contributed by atoms with Crippen LogP contribution in [0.5, 0.6) is 0 Å². The minimum atomic E-state index is -0.292. The molecule has 6 rings (SSSR count). The summed E-state index contributed by atoms with van der Waals surface area (Å²) in [5.41, 5.74) is 3.36. The molecule has 0 spiro atoms. The second kappa shape index (κ2) is 16.6. The highest BCUT2D eigenvalue weighted by molar-refractivity contribution is 7.99. The van der Waals surface area contributed by atoms with Crippen LogP contribution in [0.15, 0.2) is 107 Å². The number of aromatic nitrogens is 3. The molecular formula is C37H36ClN5O4S. The van der Waals surface area contributed by atoms with Crippen molar-refractivity contribution < 1.29 is 14.3 Å². The number of ether oxygens (including phenoxy) is 2. The van der Waals surface area contributed by atoms with Crippen LogP contribution in [-0.4, -0.2) is 65.7 Å². The number of amides is 1. The van der Waals surface area contributed by atoms with Gasteiger partial charge >= 0.3 is 0 Å². The first-order chi connectivity index (χ1) is 23.6. The molecule has 2 N–H and O–H groups in total. The first-order valence-electron chi connectivity index (χ1n) is 15.9. The van der Waals surface area contributed by atoms with Crippen molar-refractivity contribution in [3.05, 3.63) is 118 Å². The van der Waals surface area contributed by atoms with Crippen molar-refractivity contribution in [3.8, 4) is 0 Å². The smallest absolute Gasteiger partial charge is 0.280 e. The molecule has 0 atom stereocenters. The molecule has 0 aliphatic carbocycles. The summed E-state index contributed by atoms with van der Waals surface area (Å²) >= 11 is 7.64. The number of rotatable bonds is 16. The maximum absolute atomic E-state index is 13.0. The number of benzene rings is 4. The van der Waals surface area contributed by atoms with Crippen molar-refractivity contribution in [2.24, 2.45) is 0 Å². The average molecular weight is 682 g/mol. The Hall–Kier alpha value is -4.48. The van der Waals surface area contributed by atoms with Gasteiger partial charge in [-0.1, -0.05) is 60.1 Å². The van der Waals surface area contributed by atoms with Gasteiger partial charge in [-0.15, -0.1) is 11.8 Å². The molecule has 246 valence electrons. The van der Waals surface area contributed by atoms with E-state index in [1.54, 1.807) is 23.9 Å². The van der Waals surface area contributed by atoms with E-state index >= 15 is 0 Å². The molecule has 2 aromatic heterocycles. The van der Waals surface area contributed by atoms with Crippen LogP contribution in [-0.2, 0) is 27.2 Å². The summed E-state index contributed by atoms with van der Waals surface area (Å²) in [6, 6.07) is 31.1. The third kappa shape index (κ3) is 8.51. The van der Waals surface area contributed by atoms with Gasteiger partial charge in [0.2, 0.25) is 5.91 Å². The molecule has 0 aliphatic rings. The number of para-hydroxylation sites is 3. The number of anilines is 1. The third-order valence-electron chi connectivity index (χ3n) is 7.75. The maximum Gasteiger partial charge on any atom is 0.280 e. The van der Waals surface area contributed by atoms with Gasteiger partial charge in [-0.05, 0) is 48.5 Å². The number of carbonyl (C=O) groups is 1. The summed E-state index contributed by atoms with van der Waals surface area (Å²) in [6.45, 7) is 2.79. The van der Waals surface area contributed by atoms with Gasteiger partial charge < -0.3 is 24.7 Å². The normalized spacial score (nSPS) is 11.4. The van der Waals surface area contributed by atoms with E-state index in [4.69, 9.17) is 26.1 Å². The number of aryl methyl sites for hydroxylation is 1. The summed E-state index contributed by atoms with van der Waals surface area (Å²) in [4.78, 5) is 35.9. The van der Waals surface area contributed by atoms with Crippen molar-refractivity contribution >= 4 is 67.7 Å². The molecule has 6 aromatic rings. The monoisotopic (exact) mass is 681 g/mol. The lowest BCUT2D eigenvalue weighted by Crippen LogP contribution is -2.33. The Balaban J connectivity index is 0.929. The van der Waals surface area contributed by atoms with Gasteiger partial charge in [-0.25, -0.2) is 4.98 Å². The lowest BCUT2D eigenvalue weighted by molar-refractivity contribution is -0.121. The molecule has 4 aromatic carbocycles. The minimum Gasteiger partial charge on any atom is -0.382 e. The highest BCUT2D eigenvalue weighted by Crippen LogP contribution is 2.30. The number of pyridine rings is 1. The average Bonchev–Trinajstić information content (AvgIpc) is 3.11. The zero-order valence-electron chi connectivity index (χ0n) is 26.4. The largest absolute Gasteiger partial charge is 0.382 e. The number of carbonyl (C=O) groups excluding carboxylic acids is 1. The van der Waals surface area contributed by atoms with Gasteiger partial charge in [0.1, 0.15) is 12.4 Å². The van der Waals surface area contributed by atoms with Crippen LogP contribution in [0, 0.1) is 0 Å². The second-order valence-corrected chi connectivity index (χ2v) is 12.6. The lowest BCUT2D eigenvalue weighted by Gasteiger charge is -2.16. The fraction of sp³-hybridized carbons (Fsp3) is 0.243. The third-order valence-corrected chi connectivity index (χ3v) is 9.02. The highest BCUT2D eigenvalue weighted by Gasteiger charge is 2.14. The fourth-order valence-electron chi connectivity index (χ4n) is 5.49.